The van der Waals surface area contributed by atoms with Crippen LogP contribution in [0.5, 0.6) is 5.75 Å². The molecule has 0 spiro atoms. The second-order valence-electron chi connectivity index (χ2n) is 9.51. The number of carbonyl (C=O) groups excluding carboxylic acids is 1. The highest BCUT2D eigenvalue weighted by molar-refractivity contribution is 5.94. The zero-order valence-corrected chi connectivity index (χ0v) is 19.8. The van der Waals surface area contributed by atoms with Gasteiger partial charge in [0.2, 0.25) is 0 Å². The molecule has 1 saturated heterocycles. The Kier molecular flexibility index (Phi) is 7.17. The van der Waals surface area contributed by atoms with Crippen LogP contribution in [0.15, 0.2) is 48.5 Å². The van der Waals surface area contributed by atoms with Gasteiger partial charge in [-0.05, 0) is 74.9 Å². The molecule has 2 aliphatic rings. The summed E-state index contributed by atoms with van der Waals surface area (Å²) in [7, 11) is 1.67. The molecule has 1 aliphatic heterocycles. The van der Waals surface area contributed by atoms with Crippen LogP contribution in [0.2, 0.25) is 0 Å². The zero-order chi connectivity index (χ0) is 22.7. The number of rotatable bonds is 8. The minimum Gasteiger partial charge on any atom is -0.497 e. The van der Waals surface area contributed by atoms with Crippen molar-refractivity contribution in [1.82, 2.24) is 9.80 Å². The molecular formula is C27H36N2O3. The molecule has 4 rings (SSSR count). The number of morpholine rings is 1. The van der Waals surface area contributed by atoms with Crippen molar-refractivity contribution in [3.05, 3.63) is 65.2 Å². The fourth-order valence-electron chi connectivity index (χ4n) is 4.75. The standard InChI is InChI=1S/C27H36N2O3/c1-19-15-28(16-20(2)32-19)17-22-5-9-25(10-6-22)27(30)29(21(3)24-11-12-24)18-23-7-13-26(31-4)14-8-23/h5-10,13-14,19-21,24H,11-12,15-18H2,1-4H3. The fourth-order valence-corrected chi connectivity index (χ4v) is 4.75. The maximum atomic E-state index is 13.5. The molecule has 1 aliphatic carbocycles. The summed E-state index contributed by atoms with van der Waals surface area (Å²) >= 11 is 0. The highest BCUT2D eigenvalue weighted by Gasteiger charge is 2.34. The van der Waals surface area contributed by atoms with Gasteiger partial charge >= 0.3 is 0 Å². The van der Waals surface area contributed by atoms with Gasteiger partial charge in [-0.25, -0.2) is 0 Å². The van der Waals surface area contributed by atoms with E-state index in [1.165, 1.54) is 18.4 Å². The Morgan fingerprint density at radius 2 is 1.62 bits per heavy atom. The van der Waals surface area contributed by atoms with Gasteiger partial charge in [0.1, 0.15) is 5.75 Å². The van der Waals surface area contributed by atoms with Crippen LogP contribution in [0, 0.1) is 5.92 Å². The molecule has 5 nitrogen and oxygen atoms in total. The first-order valence-electron chi connectivity index (χ1n) is 11.8. The summed E-state index contributed by atoms with van der Waals surface area (Å²) in [6.07, 6.45) is 2.94. The highest BCUT2D eigenvalue weighted by Crippen LogP contribution is 2.36. The number of nitrogens with zero attached hydrogens (tertiary/aromatic N) is 2. The lowest BCUT2D eigenvalue weighted by Crippen LogP contribution is -2.44. The van der Waals surface area contributed by atoms with Gasteiger partial charge in [0.15, 0.2) is 0 Å². The Morgan fingerprint density at radius 3 is 2.19 bits per heavy atom. The summed E-state index contributed by atoms with van der Waals surface area (Å²) in [5.41, 5.74) is 3.12. The van der Waals surface area contributed by atoms with Crippen molar-refractivity contribution < 1.29 is 14.3 Å². The molecule has 172 valence electrons. The van der Waals surface area contributed by atoms with Crippen molar-refractivity contribution in [2.24, 2.45) is 5.92 Å². The van der Waals surface area contributed by atoms with Crippen molar-refractivity contribution in [3.8, 4) is 5.75 Å². The van der Waals surface area contributed by atoms with E-state index in [9.17, 15) is 4.79 Å². The third kappa shape index (κ3) is 5.70. The monoisotopic (exact) mass is 436 g/mol. The van der Waals surface area contributed by atoms with Crippen LogP contribution in [0.3, 0.4) is 0 Å². The molecule has 1 amide bonds. The molecule has 5 heteroatoms. The number of hydrogen-bond acceptors (Lipinski definition) is 4. The lowest BCUT2D eigenvalue weighted by Gasteiger charge is -2.35. The smallest absolute Gasteiger partial charge is 0.254 e. The lowest BCUT2D eigenvalue weighted by molar-refractivity contribution is -0.0704. The van der Waals surface area contributed by atoms with E-state index in [0.29, 0.717) is 12.5 Å². The third-order valence-electron chi connectivity index (χ3n) is 6.67. The molecule has 3 unspecified atom stereocenters. The van der Waals surface area contributed by atoms with Crippen LogP contribution in [0.25, 0.3) is 0 Å². The van der Waals surface area contributed by atoms with Crippen molar-refractivity contribution in [1.29, 1.82) is 0 Å². The minimum atomic E-state index is 0.111. The van der Waals surface area contributed by atoms with Crippen molar-refractivity contribution >= 4 is 5.91 Å². The van der Waals surface area contributed by atoms with Gasteiger partial charge in [0.05, 0.1) is 19.3 Å². The molecule has 3 atom stereocenters. The maximum absolute atomic E-state index is 13.5. The van der Waals surface area contributed by atoms with Crippen molar-refractivity contribution in [2.45, 2.75) is 65.0 Å². The van der Waals surface area contributed by atoms with E-state index < -0.39 is 0 Å². The van der Waals surface area contributed by atoms with Crippen LogP contribution in [0.4, 0.5) is 0 Å². The number of amides is 1. The molecule has 1 heterocycles. The van der Waals surface area contributed by atoms with E-state index in [4.69, 9.17) is 9.47 Å². The van der Waals surface area contributed by atoms with E-state index in [2.05, 4.69) is 37.8 Å². The van der Waals surface area contributed by atoms with Gasteiger partial charge in [0.25, 0.3) is 5.91 Å². The van der Waals surface area contributed by atoms with E-state index in [0.717, 1.165) is 36.5 Å². The normalized spacial score (nSPS) is 22.4. The Hall–Kier alpha value is -2.37. The summed E-state index contributed by atoms with van der Waals surface area (Å²) in [4.78, 5) is 18.0. The molecule has 0 N–H and O–H groups in total. The zero-order valence-electron chi connectivity index (χ0n) is 19.8. The lowest BCUT2D eigenvalue weighted by atomic mass is 10.1. The molecule has 0 radical (unpaired) electrons. The van der Waals surface area contributed by atoms with Gasteiger partial charge in [-0.15, -0.1) is 0 Å². The number of hydrogen-bond donors (Lipinski definition) is 0. The van der Waals surface area contributed by atoms with Gasteiger partial charge in [0, 0.05) is 37.8 Å². The highest BCUT2D eigenvalue weighted by atomic mass is 16.5. The Morgan fingerprint density at radius 1 is 1.03 bits per heavy atom. The second-order valence-corrected chi connectivity index (χ2v) is 9.51. The van der Waals surface area contributed by atoms with E-state index in [1.807, 2.05) is 41.3 Å². The summed E-state index contributed by atoms with van der Waals surface area (Å²) in [5, 5.41) is 0. The number of carbonyl (C=O) groups is 1. The fraction of sp³-hybridized carbons (Fsp3) is 0.519. The maximum Gasteiger partial charge on any atom is 0.254 e. The second kappa shape index (κ2) is 10.1. The first-order chi connectivity index (χ1) is 15.4. The molecule has 0 bridgehead atoms. The molecule has 2 fully saturated rings. The Labute approximate surface area is 192 Å². The van der Waals surface area contributed by atoms with E-state index in [1.54, 1.807) is 7.11 Å². The summed E-state index contributed by atoms with van der Waals surface area (Å²) in [5.74, 6) is 1.56. The first kappa shape index (κ1) is 22.8. The number of benzene rings is 2. The van der Waals surface area contributed by atoms with Crippen LogP contribution >= 0.6 is 0 Å². The average Bonchev–Trinajstić information content (AvgIpc) is 3.62. The van der Waals surface area contributed by atoms with Crippen molar-refractivity contribution in [2.75, 3.05) is 20.2 Å². The van der Waals surface area contributed by atoms with Gasteiger partial charge in [-0.2, -0.15) is 0 Å². The Balaban J connectivity index is 1.45. The molecule has 2 aromatic rings. The molecule has 0 aromatic heterocycles. The SMILES string of the molecule is COc1ccc(CN(C(=O)c2ccc(CN3CC(C)OC(C)C3)cc2)C(C)C2CC2)cc1. The number of ether oxygens (including phenoxy) is 2. The molecule has 2 aromatic carbocycles. The number of methoxy groups -OCH3 is 1. The first-order valence-corrected chi connectivity index (χ1v) is 11.8. The molecule has 32 heavy (non-hydrogen) atoms. The van der Waals surface area contributed by atoms with E-state index >= 15 is 0 Å². The molecular weight excluding hydrogens is 400 g/mol. The van der Waals surface area contributed by atoms with E-state index in [-0.39, 0.29) is 24.2 Å². The van der Waals surface area contributed by atoms with Crippen molar-refractivity contribution in [3.63, 3.8) is 0 Å². The molecule has 1 saturated carbocycles. The topological polar surface area (TPSA) is 42.0 Å². The Bertz CT molecular complexity index is 882. The van der Waals surface area contributed by atoms with Gasteiger partial charge in [-0.3, -0.25) is 9.69 Å². The van der Waals surface area contributed by atoms with Crippen LogP contribution in [-0.4, -0.2) is 54.2 Å². The van der Waals surface area contributed by atoms with Crippen LogP contribution in [0.1, 0.15) is 55.1 Å². The van der Waals surface area contributed by atoms with Gasteiger partial charge < -0.3 is 14.4 Å². The third-order valence-corrected chi connectivity index (χ3v) is 6.67. The van der Waals surface area contributed by atoms with Crippen LogP contribution < -0.4 is 4.74 Å². The largest absolute Gasteiger partial charge is 0.497 e. The summed E-state index contributed by atoms with van der Waals surface area (Å²) in [6.45, 7) is 9.84. The quantitative estimate of drug-likeness (QED) is 0.599. The predicted octanol–water partition coefficient (Wildman–Crippen LogP) is 4.75. The summed E-state index contributed by atoms with van der Waals surface area (Å²) < 4.78 is 11.1. The average molecular weight is 437 g/mol. The predicted molar refractivity (Wildman–Crippen MR) is 127 cm³/mol. The minimum absolute atomic E-state index is 0.111. The summed E-state index contributed by atoms with van der Waals surface area (Å²) in [6, 6.07) is 16.4. The van der Waals surface area contributed by atoms with Gasteiger partial charge in [-0.1, -0.05) is 24.3 Å². The van der Waals surface area contributed by atoms with Crippen LogP contribution in [-0.2, 0) is 17.8 Å².